The van der Waals surface area contributed by atoms with Crippen LogP contribution in [0.2, 0.25) is 5.02 Å². The second-order valence-electron chi connectivity index (χ2n) is 5.82. The van der Waals surface area contributed by atoms with E-state index in [4.69, 9.17) is 16.3 Å². The van der Waals surface area contributed by atoms with Crippen molar-refractivity contribution in [3.8, 4) is 11.4 Å². The van der Waals surface area contributed by atoms with Crippen molar-refractivity contribution in [3.05, 3.63) is 76.6 Å². The summed E-state index contributed by atoms with van der Waals surface area (Å²) in [6, 6.07) is 13.1. The van der Waals surface area contributed by atoms with Crippen molar-refractivity contribution in [3.63, 3.8) is 0 Å². The molecular formula is C20H19ClN2O2. The van der Waals surface area contributed by atoms with Crippen LogP contribution >= 0.6 is 11.6 Å². The fourth-order valence-corrected chi connectivity index (χ4v) is 3.04. The number of halogens is 1. The van der Waals surface area contributed by atoms with Crippen LogP contribution in [0, 0.1) is 13.8 Å². The molecule has 128 valence electrons. The standard InChI is InChI=1S/C20H19ClN2O2/c1-13-7-6-8-14(2)19(13)22-20(24)15-11-16(21)17(12-18(15)25-3)23-9-4-5-10-23/h4-12H,1-3H3,(H,22,24). The van der Waals surface area contributed by atoms with Gasteiger partial charge in [-0.1, -0.05) is 29.8 Å². The van der Waals surface area contributed by atoms with Crippen LogP contribution < -0.4 is 10.1 Å². The zero-order valence-corrected chi connectivity index (χ0v) is 15.1. The number of para-hydroxylation sites is 1. The minimum absolute atomic E-state index is 0.254. The maximum atomic E-state index is 12.8. The average Bonchev–Trinajstić information content (AvgIpc) is 3.12. The Hall–Kier alpha value is -2.72. The van der Waals surface area contributed by atoms with Gasteiger partial charge in [0.05, 0.1) is 23.4 Å². The molecule has 0 saturated heterocycles. The third-order valence-electron chi connectivity index (χ3n) is 4.12. The van der Waals surface area contributed by atoms with Crippen LogP contribution in [0.3, 0.4) is 0 Å². The molecule has 0 unspecified atom stereocenters. The maximum Gasteiger partial charge on any atom is 0.259 e. The number of anilines is 1. The molecule has 0 aliphatic heterocycles. The van der Waals surface area contributed by atoms with Crippen LogP contribution in [-0.2, 0) is 0 Å². The number of aromatic nitrogens is 1. The molecule has 4 nitrogen and oxygen atoms in total. The maximum absolute atomic E-state index is 12.8. The Bertz CT molecular complexity index is 897. The van der Waals surface area contributed by atoms with Crippen LogP contribution in [0.15, 0.2) is 54.9 Å². The first kappa shape index (κ1) is 17.1. The molecule has 3 rings (SSSR count). The molecule has 0 bridgehead atoms. The summed E-state index contributed by atoms with van der Waals surface area (Å²) in [6.45, 7) is 3.92. The third-order valence-corrected chi connectivity index (χ3v) is 4.42. The third kappa shape index (κ3) is 3.39. The van der Waals surface area contributed by atoms with E-state index in [0.29, 0.717) is 16.3 Å². The van der Waals surface area contributed by atoms with E-state index in [0.717, 1.165) is 22.5 Å². The molecule has 25 heavy (non-hydrogen) atoms. The summed E-state index contributed by atoms with van der Waals surface area (Å²) >= 11 is 6.40. The van der Waals surface area contributed by atoms with Gasteiger partial charge in [-0.2, -0.15) is 0 Å². The van der Waals surface area contributed by atoms with Crippen LogP contribution in [0.1, 0.15) is 21.5 Å². The number of amides is 1. The molecule has 1 amide bonds. The predicted octanol–water partition coefficient (Wildman–Crippen LogP) is 5.01. The largest absolute Gasteiger partial charge is 0.496 e. The highest BCUT2D eigenvalue weighted by atomic mass is 35.5. The van der Waals surface area contributed by atoms with Gasteiger partial charge in [-0.15, -0.1) is 0 Å². The van der Waals surface area contributed by atoms with E-state index in [2.05, 4.69) is 5.32 Å². The molecule has 0 aliphatic rings. The van der Waals surface area contributed by atoms with E-state index in [1.807, 2.05) is 61.1 Å². The average molecular weight is 355 g/mol. The molecule has 5 heteroatoms. The Balaban J connectivity index is 1.99. The smallest absolute Gasteiger partial charge is 0.259 e. The van der Waals surface area contributed by atoms with Crippen molar-refractivity contribution in [2.75, 3.05) is 12.4 Å². The number of hydrogen-bond acceptors (Lipinski definition) is 2. The van der Waals surface area contributed by atoms with Gasteiger partial charge in [0.25, 0.3) is 5.91 Å². The summed E-state index contributed by atoms with van der Waals surface area (Å²) in [4.78, 5) is 12.8. The lowest BCUT2D eigenvalue weighted by Gasteiger charge is -2.15. The lowest BCUT2D eigenvalue weighted by molar-refractivity contribution is 0.102. The summed E-state index contributed by atoms with van der Waals surface area (Å²) in [5, 5.41) is 3.44. The molecule has 2 aromatic carbocycles. The summed E-state index contributed by atoms with van der Waals surface area (Å²) in [6.07, 6.45) is 3.77. The second kappa shape index (κ2) is 7.03. The Kier molecular flexibility index (Phi) is 4.81. The Morgan fingerprint density at radius 1 is 1.08 bits per heavy atom. The van der Waals surface area contributed by atoms with Crippen LogP contribution in [-0.4, -0.2) is 17.6 Å². The molecule has 3 aromatic rings. The summed E-state index contributed by atoms with van der Waals surface area (Å²) in [7, 11) is 1.54. The Morgan fingerprint density at radius 3 is 2.32 bits per heavy atom. The van der Waals surface area contributed by atoms with Gasteiger partial charge in [-0.25, -0.2) is 0 Å². The summed E-state index contributed by atoms with van der Waals surface area (Å²) < 4.78 is 7.30. The fourth-order valence-electron chi connectivity index (χ4n) is 2.77. The van der Waals surface area contributed by atoms with Gasteiger partial charge in [-0.3, -0.25) is 4.79 Å². The first-order valence-corrected chi connectivity index (χ1v) is 8.27. The topological polar surface area (TPSA) is 43.3 Å². The molecule has 0 fully saturated rings. The zero-order valence-electron chi connectivity index (χ0n) is 14.3. The van der Waals surface area contributed by atoms with Crippen molar-refractivity contribution in [1.82, 2.24) is 4.57 Å². The number of nitrogens with one attached hydrogen (secondary N) is 1. The molecular weight excluding hydrogens is 336 g/mol. The molecule has 0 spiro atoms. The van der Waals surface area contributed by atoms with Crippen molar-refractivity contribution in [2.24, 2.45) is 0 Å². The first-order valence-electron chi connectivity index (χ1n) is 7.89. The van der Waals surface area contributed by atoms with Gasteiger partial charge in [0.2, 0.25) is 0 Å². The minimum atomic E-state index is -0.254. The highest BCUT2D eigenvalue weighted by molar-refractivity contribution is 6.33. The molecule has 0 atom stereocenters. The highest BCUT2D eigenvalue weighted by Crippen LogP contribution is 2.31. The van der Waals surface area contributed by atoms with Gasteiger partial charge >= 0.3 is 0 Å². The summed E-state index contributed by atoms with van der Waals surface area (Å²) in [5.41, 5.74) is 3.96. The molecule has 1 heterocycles. The van der Waals surface area contributed by atoms with Gasteiger partial charge in [-0.05, 0) is 43.2 Å². The quantitative estimate of drug-likeness (QED) is 0.715. The second-order valence-corrected chi connectivity index (χ2v) is 6.22. The highest BCUT2D eigenvalue weighted by Gasteiger charge is 2.18. The lowest BCUT2D eigenvalue weighted by Crippen LogP contribution is -2.15. The van der Waals surface area contributed by atoms with E-state index >= 15 is 0 Å². The lowest BCUT2D eigenvalue weighted by atomic mass is 10.1. The number of nitrogens with zero attached hydrogens (tertiary/aromatic N) is 1. The number of carbonyl (C=O) groups is 1. The zero-order chi connectivity index (χ0) is 18.0. The number of carbonyl (C=O) groups excluding carboxylic acids is 1. The number of benzene rings is 2. The fraction of sp³-hybridized carbons (Fsp3) is 0.150. The minimum Gasteiger partial charge on any atom is -0.496 e. The molecule has 0 radical (unpaired) electrons. The Morgan fingerprint density at radius 2 is 1.72 bits per heavy atom. The van der Waals surface area contributed by atoms with E-state index in [-0.39, 0.29) is 5.91 Å². The molecule has 1 N–H and O–H groups in total. The predicted molar refractivity (Wildman–Crippen MR) is 101 cm³/mol. The van der Waals surface area contributed by atoms with Gasteiger partial charge < -0.3 is 14.6 Å². The van der Waals surface area contributed by atoms with Gasteiger partial charge in [0, 0.05) is 24.1 Å². The van der Waals surface area contributed by atoms with Crippen molar-refractivity contribution in [1.29, 1.82) is 0 Å². The van der Waals surface area contributed by atoms with E-state index < -0.39 is 0 Å². The molecule has 1 aromatic heterocycles. The monoisotopic (exact) mass is 354 g/mol. The number of methoxy groups -OCH3 is 1. The number of rotatable bonds is 4. The first-order chi connectivity index (χ1) is 12.0. The van der Waals surface area contributed by atoms with Crippen LogP contribution in [0.4, 0.5) is 5.69 Å². The SMILES string of the molecule is COc1cc(-n2cccc2)c(Cl)cc1C(=O)Nc1c(C)cccc1C. The van der Waals surface area contributed by atoms with Crippen LogP contribution in [0.5, 0.6) is 5.75 Å². The van der Waals surface area contributed by atoms with Crippen LogP contribution in [0.25, 0.3) is 5.69 Å². The Labute approximate surface area is 152 Å². The number of aryl methyl sites for hydroxylation is 2. The molecule has 0 saturated carbocycles. The normalized spacial score (nSPS) is 10.6. The van der Waals surface area contributed by atoms with Crippen molar-refractivity contribution in [2.45, 2.75) is 13.8 Å². The molecule has 0 aliphatic carbocycles. The summed E-state index contributed by atoms with van der Waals surface area (Å²) in [5.74, 6) is 0.215. The van der Waals surface area contributed by atoms with Crippen molar-refractivity contribution >= 4 is 23.2 Å². The van der Waals surface area contributed by atoms with E-state index in [1.54, 1.807) is 19.2 Å². The number of hydrogen-bond donors (Lipinski definition) is 1. The number of ether oxygens (including phenoxy) is 1. The van der Waals surface area contributed by atoms with Gasteiger partial charge in [0.15, 0.2) is 0 Å². The van der Waals surface area contributed by atoms with E-state index in [9.17, 15) is 4.79 Å². The van der Waals surface area contributed by atoms with E-state index in [1.165, 1.54) is 0 Å². The van der Waals surface area contributed by atoms with Gasteiger partial charge in [0.1, 0.15) is 5.75 Å². The van der Waals surface area contributed by atoms with Crippen molar-refractivity contribution < 1.29 is 9.53 Å².